The third-order valence-electron chi connectivity index (χ3n) is 4.01. The average molecular weight is 332 g/mol. The van der Waals surface area contributed by atoms with Gasteiger partial charge in [-0.1, -0.05) is 0 Å². The van der Waals surface area contributed by atoms with E-state index in [1.54, 1.807) is 29.9 Å². The van der Waals surface area contributed by atoms with Gasteiger partial charge in [0.1, 0.15) is 23.9 Å². The Kier molecular flexibility index (Phi) is 4.54. The lowest BCUT2D eigenvalue weighted by atomic mass is 10.2. The van der Waals surface area contributed by atoms with Gasteiger partial charge in [-0.2, -0.15) is 5.10 Å². The fraction of sp³-hybridized carbons (Fsp3) is 0.438. The standard InChI is InChI=1S/C16H20N4O4/c1-23-11-6-7-12(13(9-11)24-2)17-15(21)10-20-16(22)19-8-4-3-5-14(19)18-20/h6-7,9H,3-5,8,10H2,1-2H3,(H,17,21). The molecule has 128 valence electrons. The first-order valence-corrected chi connectivity index (χ1v) is 7.81. The predicted octanol–water partition coefficient (Wildman–Crippen LogP) is 1.04. The van der Waals surface area contributed by atoms with Crippen molar-refractivity contribution in [2.75, 3.05) is 19.5 Å². The first kappa shape index (κ1) is 16.1. The molecule has 0 atom stereocenters. The van der Waals surface area contributed by atoms with Crippen molar-refractivity contribution in [3.05, 3.63) is 34.5 Å². The Balaban J connectivity index is 1.75. The van der Waals surface area contributed by atoms with Crippen molar-refractivity contribution >= 4 is 11.6 Å². The molecule has 1 aromatic heterocycles. The van der Waals surface area contributed by atoms with E-state index in [4.69, 9.17) is 9.47 Å². The minimum absolute atomic E-state index is 0.131. The highest BCUT2D eigenvalue weighted by Gasteiger charge is 2.18. The highest BCUT2D eigenvalue weighted by Crippen LogP contribution is 2.28. The van der Waals surface area contributed by atoms with Crippen molar-refractivity contribution in [2.45, 2.75) is 32.4 Å². The van der Waals surface area contributed by atoms with E-state index in [1.807, 2.05) is 0 Å². The normalized spacial score (nSPS) is 13.2. The summed E-state index contributed by atoms with van der Waals surface area (Å²) in [5.41, 5.74) is 0.280. The molecule has 0 saturated carbocycles. The molecule has 0 unspecified atom stereocenters. The average Bonchev–Trinajstić information content (AvgIpc) is 2.91. The van der Waals surface area contributed by atoms with E-state index >= 15 is 0 Å². The molecule has 24 heavy (non-hydrogen) atoms. The van der Waals surface area contributed by atoms with Gasteiger partial charge in [0.2, 0.25) is 5.91 Å². The molecule has 1 N–H and O–H groups in total. The molecule has 0 radical (unpaired) electrons. The highest BCUT2D eigenvalue weighted by atomic mass is 16.5. The zero-order chi connectivity index (χ0) is 17.1. The maximum Gasteiger partial charge on any atom is 0.346 e. The Morgan fingerprint density at radius 2 is 2.12 bits per heavy atom. The zero-order valence-corrected chi connectivity index (χ0v) is 13.7. The van der Waals surface area contributed by atoms with Crippen LogP contribution in [-0.4, -0.2) is 34.5 Å². The lowest BCUT2D eigenvalue weighted by Crippen LogP contribution is -2.31. The number of methoxy groups -OCH3 is 2. The van der Waals surface area contributed by atoms with Gasteiger partial charge in [0.25, 0.3) is 0 Å². The summed E-state index contributed by atoms with van der Waals surface area (Å²) < 4.78 is 13.2. The molecule has 2 heterocycles. The van der Waals surface area contributed by atoms with Gasteiger partial charge in [0, 0.05) is 19.0 Å². The van der Waals surface area contributed by atoms with E-state index in [-0.39, 0.29) is 18.1 Å². The third-order valence-corrected chi connectivity index (χ3v) is 4.01. The lowest BCUT2D eigenvalue weighted by Gasteiger charge is -2.11. The maximum absolute atomic E-state index is 12.3. The van der Waals surface area contributed by atoms with Crippen LogP contribution in [0.15, 0.2) is 23.0 Å². The van der Waals surface area contributed by atoms with Gasteiger partial charge < -0.3 is 14.8 Å². The molecule has 1 aromatic carbocycles. The van der Waals surface area contributed by atoms with Gasteiger partial charge in [-0.3, -0.25) is 9.36 Å². The van der Waals surface area contributed by atoms with Crippen LogP contribution in [0.3, 0.4) is 0 Å². The largest absolute Gasteiger partial charge is 0.497 e. The molecule has 1 amide bonds. The van der Waals surface area contributed by atoms with E-state index < -0.39 is 0 Å². The number of anilines is 1. The molecule has 0 saturated heterocycles. The summed E-state index contributed by atoms with van der Waals surface area (Å²) in [5.74, 6) is 1.53. The Morgan fingerprint density at radius 3 is 2.83 bits per heavy atom. The minimum Gasteiger partial charge on any atom is -0.497 e. The monoisotopic (exact) mass is 332 g/mol. The summed E-state index contributed by atoms with van der Waals surface area (Å²) in [6.07, 6.45) is 2.76. The first-order valence-electron chi connectivity index (χ1n) is 7.81. The van der Waals surface area contributed by atoms with E-state index in [9.17, 15) is 9.59 Å². The third kappa shape index (κ3) is 3.12. The molecule has 8 nitrogen and oxygen atoms in total. The van der Waals surface area contributed by atoms with Crippen LogP contribution in [-0.2, 0) is 24.3 Å². The second-order valence-corrected chi connectivity index (χ2v) is 5.58. The lowest BCUT2D eigenvalue weighted by molar-refractivity contribution is -0.117. The summed E-state index contributed by atoms with van der Waals surface area (Å²) in [5, 5.41) is 7.00. The van der Waals surface area contributed by atoms with E-state index in [1.165, 1.54) is 11.8 Å². The molecule has 0 aliphatic carbocycles. The van der Waals surface area contributed by atoms with Crippen molar-refractivity contribution in [1.82, 2.24) is 14.3 Å². The molecule has 1 aliphatic heterocycles. The zero-order valence-electron chi connectivity index (χ0n) is 13.7. The van der Waals surface area contributed by atoms with Crippen LogP contribution in [0, 0.1) is 0 Å². The van der Waals surface area contributed by atoms with Crippen LogP contribution in [0.1, 0.15) is 18.7 Å². The molecule has 0 fully saturated rings. The Hall–Kier alpha value is -2.77. The van der Waals surface area contributed by atoms with Gasteiger partial charge in [0.15, 0.2) is 0 Å². The second-order valence-electron chi connectivity index (χ2n) is 5.58. The first-order chi connectivity index (χ1) is 11.6. The van der Waals surface area contributed by atoms with Crippen LogP contribution in [0.25, 0.3) is 0 Å². The number of aromatic nitrogens is 3. The molecular weight excluding hydrogens is 312 g/mol. The SMILES string of the molecule is COc1ccc(NC(=O)Cn2nc3n(c2=O)CCCC3)c(OC)c1. The topological polar surface area (TPSA) is 87.4 Å². The molecule has 3 rings (SSSR count). The number of nitrogens with zero attached hydrogens (tertiary/aromatic N) is 3. The Morgan fingerprint density at radius 1 is 1.29 bits per heavy atom. The van der Waals surface area contributed by atoms with Gasteiger partial charge in [0.05, 0.1) is 19.9 Å². The van der Waals surface area contributed by atoms with Crippen LogP contribution >= 0.6 is 0 Å². The number of aryl methyl sites for hydroxylation is 1. The second kappa shape index (κ2) is 6.77. The Bertz CT molecular complexity index is 809. The number of hydrogen-bond acceptors (Lipinski definition) is 5. The molecular formula is C16H20N4O4. The fourth-order valence-corrected chi connectivity index (χ4v) is 2.78. The molecule has 2 aromatic rings. The van der Waals surface area contributed by atoms with Crippen LogP contribution < -0.4 is 20.5 Å². The predicted molar refractivity (Wildman–Crippen MR) is 87.6 cm³/mol. The van der Waals surface area contributed by atoms with E-state index in [0.717, 1.165) is 25.1 Å². The molecule has 0 spiro atoms. The fourth-order valence-electron chi connectivity index (χ4n) is 2.78. The number of amides is 1. The molecule has 8 heteroatoms. The van der Waals surface area contributed by atoms with Crippen LogP contribution in [0.5, 0.6) is 11.5 Å². The number of ether oxygens (including phenoxy) is 2. The number of rotatable bonds is 5. The van der Waals surface area contributed by atoms with Gasteiger partial charge in [-0.25, -0.2) is 9.48 Å². The highest BCUT2D eigenvalue weighted by molar-refractivity contribution is 5.92. The van der Waals surface area contributed by atoms with Crippen molar-refractivity contribution in [3.63, 3.8) is 0 Å². The van der Waals surface area contributed by atoms with Crippen molar-refractivity contribution in [2.24, 2.45) is 0 Å². The van der Waals surface area contributed by atoms with E-state index in [0.29, 0.717) is 23.7 Å². The minimum atomic E-state index is -0.337. The van der Waals surface area contributed by atoms with E-state index in [2.05, 4.69) is 10.4 Å². The Labute approximate surface area is 139 Å². The number of carbonyl (C=O) groups is 1. The van der Waals surface area contributed by atoms with Crippen molar-refractivity contribution in [3.8, 4) is 11.5 Å². The smallest absolute Gasteiger partial charge is 0.346 e. The number of nitrogens with one attached hydrogen (secondary N) is 1. The number of carbonyl (C=O) groups excluding carboxylic acids is 1. The van der Waals surface area contributed by atoms with Crippen LogP contribution in [0.4, 0.5) is 5.69 Å². The van der Waals surface area contributed by atoms with Gasteiger partial charge in [-0.05, 0) is 25.0 Å². The van der Waals surface area contributed by atoms with Crippen molar-refractivity contribution < 1.29 is 14.3 Å². The number of benzene rings is 1. The van der Waals surface area contributed by atoms with Crippen LogP contribution in [0.2, 0.25) is 0 Å². The maximum atomic E-state index is 12.3. The number of fused-ring (bicyclic) bond motifs is 1. The summed E-state index contributed by atoms with van der Waals surface area (Å²) in [7, 11) is 3.07. The van der Waals surface area contributed by atoms with Gasteiger partial charge >= 0.3 is 5.69 Å². The van der Waals surface area contributed by atoms with Gasteiger partial charge in [-0.15, -0.1) is 0 Å². The summed E-state index contributed by atoms with van der Waals surface area (Å²) in [4.78, 5) is 24.5. The summed E-state index contributed by atoms with van der Waals surface area (Å²) >= 11 is 0. The summed E-state index contributed by atoms with van der Waals surface area (Å²) in [6, 6.07) is 5.09. The van der Waals surface area contributed by atoms with Crippen molar-refractivity contribution in [1.29, 1.82) is 0 Å². The quantitative estimate of drug-likeness (QED) is 0.884. The molecule has 0 bridgehead atoms. The summed E-state index contributed by atoms with van der Waals surface area (Å²) in [6.45, 7) is 0.538. The molecule has 1 aliphatic rings. The number of hydrogen-bond donors (Lipinski definition) is 1.